The number of amides is 1. The van der Waals surface area contributed by atoms with E-state index in [1.54, 1.807) is 11.1 Å². The first-order valence-electron chi connectivity index (χ1n) is 12.7. The highest BCUT2D eigenvalue weighted by molar-refractivity contribution is 7.89. The number of anilines is 1. The molecule has 11 heteroatoms. The first-order valence-corrected chi connectivity index (χ1v) is 14.1. The summed E-state index contributed by atoms with van der Waals surface area (Å²) < 4.78 is 41.9. The summed E-state index contributed by atoms with van der Waals surface area (Å²) in [7, 11) is -3.93. The number of carbonyl (C=O) groups excluding carboxylic acids is 1. The normalized spacial score (nSPS) is 20.9. The molecule has 1 amide bonds. The van der Waals surface area contributed by atoms with Gasteiger partial charge >= 0.3 is 0 Å². The van der Waals surface area contributed by atoms with Crippen molar-refractivity contribution in [2.45, 2.75) is 51.0 Å². The van der Waals surface area contributed by atoms with Crippen LogP contribution in [0.3, 0.4) is 0 Å². The van der Waals surface area contributed by atoms with Gasteiger partial charge in [-0.15, -0.1) is 0 Å². The highest BCUT2D eigenvalue weighted by atomic mass is 32.2. The van der Waals surface area contributed by atoms with Gasteiger partial charge in [0.2, 0.25) is 5.03 Å². The van der Waals surface area contributed by atoms with E-state index in [4.69, 9.17) is 9.47 Å². The third kappa shape index (κ3) is 4.65. The fourth-order valence-corrected chi connectivity index (χ4v) is 6.78. The van der Waals surface area contributed by atoms with Crippen LogP contribution in [0.1, 0.15) is 41.3 Å². The Morgan fingerprint density at radius 1 is 1.03 bits per heavy atom. The number of hydrogen-bond acceptors (Lipinski definition) is 7. The van der Waals surface area contributed by atoms with E-state index >= 15 is 0 Å². The van der Waals surface area contributed by atoms with Crippen LogP contribution in [0.15, 0.2) is 29.4 Å². The van der Waals surface area contributed by atoms with Crippen LogP contribution in [0.2, 0.25) is 0 Å². The number of sulfonamides is 1. The van der Waals surface area contributed by atoms with Crippen LogP contribution in [-0.4, -0.2) is 91.6 Å². The zero-order valence-corrected chi connectivity index (χ0v) is 22.1. The zero-order chi connectivity index (χ0) is 25.5. The number of aryl methyl sites for hydroxylation is 3. The molecule has 0 bridgehead atoms. The van der Waals surface area contributed by atoms with Gasteiger partial charge < -0.3 is 19.3 Å². The Hall–Kier alpha value is -2.47. The quantitative estimate of drug-likeness (QED) is 0.599. The Labute approximate surface area is 212 Å². The maximum atomic E-state index is 13.7. The summed E-state index contributed by atoms with van der Waals surface area (Å²) in [6.07, 6.45) is 2.71. The summed E-state index contributed by atoms with van der Waals surface area (Å²) in [5.74, 6) is -0.913. The van der Waals surface area contributed by atoms with Gasteiger partial charge in [-0.1, -0.05) is 12.1 Å². The van der Waals surface area contributed by atoms with Crippen molar-refractivity contribution in [3.63, 3.8) is 0 Å². The molecule has 0 N–H and O–H groups in total. The molecule has 0 atom stereocenters. The van der Waals surface area contributed by atoms with Gasteiger partial charge in [0, 0.05) is 70.5 Å². The van der Waals surface area contributed by atoms with E-state index in [0.29, 0.717) is 71.9 Å². The lowest BCUT2D eigenvalue weighted by Gasteiger charge is -2.37. The van der Waals surface area contributed by atoms with Crippen LogP contribution in [0.4, 0.5) is 5.69 Å². The predicted molar refractivity (Wildman–Crippen MR) is 135 cm³/mol. The van der Waals surface area contributed by atoms with E-state index in [9.17, 15) is 13.2 Å². The van der Waals surface area contributed by atoms with Crippen molar-refractivity contribution in [1.82, 2.24) is 19.0 Å². The van der Waals surface area contributed by atoms with Crippen molar-refractivity contribution in [2.75, 3.05) is 57.4 Å². The topological polar surface area (TPSA) is 97.2 Å². The van der Waals surface area contributed by atoms with Crippen LogP contribution < -0.4 is 4.90 Å². The molecule has 3 aliphatic rings. The van der Waals surface area contributed by atoms with E-state index in [2.05, 4.69) is 42.0 Å². The monoisotopic (exact) mass is 517 g/mol. The van der Waals surface area contributed by atoms with Gasteiger partial charge in [0.05, 0.1) is 18.8 Å². The molecular weight excluding hydrogens is 482 g/mol. The van der Waals surface area contributed by atoms with Crippen molar-refractivity contribution in [1.29, 1.82) is 0 Å². The molecular formula is C25H35N5O5S. The van der Waals surface area contributed by atoms with Gasteiger partial charge in [0.15, 0.2) is 5.79 Å². The number of rotatable bonds is 5. The second-order valence-electron chi connectivity index (χ2n) is 9.78. The Morgan fingerprint density at radius 3 is 2.33 bits per heavy atom. The first kappa shape index (κ1) is 25.2. The lowest BCUT2D eigenvalue weighted by Crippen LogP contribution is -2.49. The van der Waals surface area contributed by atoms with Crippen LogP contribution in [0.25, 0.3) is 0 Å². The average molecular weight is 518 g/mol. The van der Waals surface area contributed by atoms with E-state index in [1.807, 2.05) is 6.92 Å². The highest BCUT2D eigenvalue weighted by Crippen LogP contribution is 2.32. The summed E-state index contributed by atoms with van der Waals surface area (Å²) >= 11 is 0. The molecule has 3 aliphatic heterocycles. The molecule has 10 nitrogen and oxygen atoms in total. The number of benzene rings is 1. The number of nitrogens with zero attached hydrogens (tertiary/aromatic N) is 5. The molecule has 1 spiro atoms. The van der Waals surface area contributed by atoms with E-state index < -0.39 is 15.8 Å². The molecule has 4 heterocycles. The second-order valence-corrected chi connectivity index (χ2v) is 11.6. The van der Waals surface area contributed by atoms with Gasteiger partial charge in [-0.2, -0.15) is 9.40 Å². The molecule has 3 fully saturated rings. The van der Waals surface area contributed by atoms with Crippen molar-refractivity contribution < 1.29 is 22.7 Å². The molecule has 3 saturated heterocycles. The van der Waals surface area contributed by atoms with Gasteiger partial charge in [-0.05, 0) is 38.0 Å². The molecule has 196 valence electrons. The molecule has 0 unspecified atom stereocenters. The maximum Gasteiger partial charge on any atom is 0.263 e. The second kappa shape index (κ2) is 9.77. The van der Waals surface area contributed by atoms with Gasteiger partial charge in [-0.25, -0.2) is 8.42 Å². The molecule has 2 aromatic rings. The van der Waals surface area contributed by atoms with Crippen LogP contribution in [0, 0.1) is 13.8 Å². The van der Waals surface area contributed by atoms with Gasteiger partial charge in [0.1, 0.15) is 0 Å². The summed E-state index contributed by atoms with van der Waals surface area (Å²) in [6, 6.07) is 6.32. The Kier molecular flexibility index (Phi) is 6.84. The molecule has 5 rings (SSSR count). The average Bonchev–Trinajstić information content (AvgIpc) is 3.53. The Balaban J connectivity index is 1.33. The molecule has 36 heavy (non-hydrogen) atoms. The summed E-state index contributed by atoms with van der Waals surface area (Å²) in [5, 5.41) is 4.19. The highest BCUT2D eigenvalue weighted by Gasteiger charge is 2.42. The summed E-state index contributed by atoms with van der Waals surface area (Å²) in [4.78, 5) is 17.4. The third-order valence-electron chi connectivity index (χ3n) is 7.44. The third-order valence-corrected chi connectivity index (χ3v) is 9.27. The summed E-state index contributed by atoms with van der Waals surface area (Å²) in [6.45, 7) is 10.3. The largest absolute Gasteiger partial charge is 0.369 e. The fraction of sp³-hybridized carbons (Fsp3) is 0.600. The fourth-order valence-electron chi connectivity index (χ4n) is 5.26. The molecule has 0 radical (unpaired) electrons. The minimum atomic E-state index is -3.93. The number of piperazine rings is 1. The zero-order valence-electron chi connectivity index (χ0n) is 21.3. The lowest BCUT2D eigenvalue weighted by molar-refractivity contribution is -0.181. The van der Waals surface area contributed by atoms with Crippen molar-refractivity contribution in [2.24, 2.45) is 0 Å². The standard InChI is InChI=1S/C25H35N5O5S/c1-4-29-18-21(24(31)28-9-7-25(8-10-28)34-15-16-35-25)23(26-29)36(32,33)30-13-11-27(12-14-30)22-17-19(2)5-6-20(22)3/h5-6,17-18H,4,7-16H2,1-3H3. The van der Waals surface area contributed by atoms with Crippen LogP contribution in [0.5, 0.6) is 0 Å². The Bertz CT molecular complexity index is 1220. The number of carbonyl (C=O) groups is 1. The minimum absolute atomic E-state index is 0.137. The lowest BCUT2D eigenvalue weighted by atomic mass is 10.0. The minimum Gasteiger partial charge on any atom is -0.369 e. The van der Waals surface area contributed by atoms with Gasteiger partial charge in [-0.3, -0.25) is 9.48 Å². The Morgan fingerprint density at radius 2 is 1.69 bits per heavy atom. The number of hydrogen-bond donors (Lipinski definition) is 0. The van der Waals surface area contributed by atoms with E-state index in [0.717, 1.165) is 5.69 Å². The van der Waals surface area contributed by atoms with E-state index in [1.165, 1.54) is 20.1 Å². The molecule has 1 aromatic heterocycles. The molecule has 0 saturated carbocycles. The van der Waals surface area contributed by atoms with Crippen LogP contribution >= 0.6 is 0 Å². The molecule has 0 aliphatic carbocycles. The number of piperidine rings is 1. The molecule has 1 aromatic carbocycles. The smallest absolute Gasteiger partial charge is 0.263 e. The number of ether oxygens (including phenoxy) is 2. The number of likely N-dealkylation sites (tertiary alicyclic amines) is 1. The van der Waals surface area contributed by atoms with Gasteiger partial charge in [0.25, 0.3) is 15.9 Å². The first-order chi connectivity index (χ1) is 17.2. The van der Waals surface area contributed by atoms with Crippen molar-refractivity contribution in [3.8, 4) is 0 Å². The van der Waals surface area contributed by atoms with Crippen LogP contribution in [-0.2, 0) is 26.0 Å². The maximum absolute atomic E-state index is 13.7. The SMILES string of the molecule is CCn1cc(C(=O)N2CCC3(CC2)OCCO3)c(S(=O)(=O)N2CCN(c3cc(C)ccc3C)CC2)n1. The van der Waals surface area contributed by atoms with Crippen molar-refractivity contribution in [3.05, 3.63) is 41.1 Å². The predicted octanol–water partition coefficient (Wildman–Crippen LogP) is 2.01. The number of aromatic nitrogens is 2. The summed E-state index contributed by atoms with van der Waals surface area (Å²) in [5.41, 5.74) is 3.62. The van der Waals surface area contributed by atoms with Crippen molar-refractivity contribution >= 4 is 21.6 Å². The van der Waals surface area contributed by atoms with E-state index in [-0.39, 0.29) is 16.5 Å².